The Hall–Kier alpha value is -1.53. The molecule has 1 saturated heterocycles. The van der Waals surface area contributed by atoms with E-state index >= 15 is 0 Å². The zero-order valence-corrected chi connectivity index (χ0v) is 17.1. The van der Waals surface area contributed by atoms with Crippen molar-refractivity contribution in [2.75, 3.05) is 13.1 Å². The van der Waals surface area contributed by atoms with Gasteiger partial charge in [0.15, 0.2) is 11.0 Å². The average molecular weight is 393 g/mol. The van der Waals surface area contributed by atoms with Gasteiger partial charge in [0.25, 0.3) is 0 Å². The lowest BCUT2D eigenvalue weighted by Gasteiger charge is -2.31. The molecule has 1 aliphatic heterocycles. The number of hydrogen-bond acceptors (Lipinski definition) is 4. The Labute approximate surface area is 164 Å². The Bertz CT molecular complexity index is 771. The fraction of sp³-hybridized carbons (Fsp3) is 0.526. The molecule has 2 aromatic rings. The number of amides is 1. The van der Waals surface area contributed by atoms with Gasteiger partial charge in [-0.05, 0) is 44.7 Å². The van der Waals surface area contributed by atoms with Gasteiger partial charge in [0.2, 0.25) is 5.91 Å². The van der Waals surface area contributed by atoms with Crippen molar-refractivity contribution in [1.82, 2.24) is 19.7 Å². The summed E-state index contributed by atoms with van der Waals surface area (Å²) in [5.41, 5.74) is 0.933. The minimum absolute atomic E-state index is 0.176. The minimum atomic E-state index is -0.176. The predicted octanol–water partition coefficient (Wildman–Crippen LogP) is 4.36. The molecule has 0 N–H and O–H groups in total. The molecule has 140 valence electrons. The van der Waals surface area contributed by atoms with Gasteiger partial charge in [-0.15, -0.1) is 10.2 Å². The number of benzene rings is 1. The molecule has 1 aliphatic rings. The summed E-state index contributed by atoms with van der Waals surface area (Å²) < 4.78 is 2.04. The number of hydrogen-bond donors (Lipinski definition) is 0. The predicted molar refractivity (Wildman–Crippen MR) is 106 cm³/mol. The monoisotopic (exact) mass is 392 g/mol. The van der Waals surface area contributed by atoms with E-state index in [2.05, 4.69) is 24.0 Å². The molecule has 1 aromatic heterocycles. The minimum Gasteiger partial charge on any atom is -0.342 e. The molecule has 3 rings (SSSR count). The van der Waals surface area contributed by atoms with Crippen LogP contribution >= 0.6 is 23.4 Å². The van der Waals surface area contributed by atoms with E-state index in [0.29, 0.717) is 10.9 Å². The molecule has 26 heavy (non-hydrogen) atoms. The van der Waals surface area contributed by atoms with Crippen LogP contribution in [0, 0.1) is 5.92 Å². The van der Waals surface area contributed by atoms with E-state index in [-0.39, 0.29) is 11.2 Å². The average Bonchev–Trinajstić information content (AvgIpc) is 3.04. The summed E-state index contributed by atoms with van der Waals surface area (Å²) in [4.78, 5) is 14.7. The van der Waals surface area contributed by atoms with Gasteiger partial charge >= 0.3 is 0 Å². The maximum atomic E-state index is 12.8. The Kier molecular flexibility index (Phi) is 6.24. The summed E-state index contributed by atoms with van der Waals surface area (Å²) in [7, 11) is 0. The number of rotatable bonds is 5. The SMILES string of the molecule is CCn1c(SC(C)C(=O)N2CCC(C)CC2)nnc1-c1cccc(Cl)c1. The van der Waals surface area contributed by atoms with Crippen molar-refractivity contribution < 1.29 is 4.79 Å². The molecule has 0 radical (unpaired) electrons. The Morgan fingerprint density at radius 3 is 2.73 bits per heavy atom. The molecule has 0 spiro atoms. The molecule has 1 unspecified atom stereocenters. The molecule has 5 nitrogen and oxygen atoms in total. The van der Waals surface area contributed by atoms with Gasteiger partial charge in [0.05, 0.1) is 5.25 Å². The molecular weight excluding hydrogens is 368 g/mol. The number of carbonyl (C=O) groups excluding carboxylic acids is 1. The van der Waals surface area contributed by atoms with Crippen LogP contribution in [0.2, 0.25) is 5.02 Å². The third-order valence-corrected chi connectivity index (χ3v) is 6.14. The standard InChI is InChI=1S/C19H25ClN4OS/c1-4-24-17(15-6-5-7-16(20)12-15)21-22-19(24)26-14(3)18(25)23-10-8-13(2)9-11-23/h5-7,12-14H,4,8-11H2,1-3H3. The Balaban J connectivity index is 1.74. The molecule has 1 aromatic carbocycles. The van der Waals surface area contributed by atoms with Gasteiger partial charge in [-0.1, -0.05) is 42.4 Å². The number of halogens is 1. The van der Waals surface area contributed by atoms with Gasteiger partial charge in [-0.2, -0.15) is 0 Å². The van der Waals surface area contributed by atoms with Crippen LogP contribution in [0.15, 0.2) is 29.4 Å². The van der Waals surface area contributed by atoms with E-state index in [1.165, 1.54) is 11.8 Å². The van der Waals surface area contributed by atoms with Crippen molar-refractivity contribution >= 4 is 29.3 Å². The first-order valence-electron chi connectivity index (χ1n) is 9.14. The van der Waals surface area contributed by atoms with Crippen LogP contribution in [0.1, 0.15) is 33.6 Å². The van der Waals surface area contributed by atoms with Crippen molar-refractivity contribution in [2.45, 2.75) is 50.6 Å². The molecule has 2 heterocycles. The highest BCUT2D eigenvalue weighted by Crippen LogP contribution is 2.29. The van der Waals surface area contributed by atoms with E-state index < -0.39 is 0 Å². The highest BCUT2D eigenvalue weighted by Gasteiger charge is 2.27. The fourth-order valence-corrected chi connectivity index (χ4v) is 4.38. The lowest BCUT2D eigenvalue weighted by atomic mass is 9.99. The molecule has 0 aliphatic carbocycles. The van der Waals surface area contributed by atoms with Crippen LogP contribution < -0.4 is 0 Å². The lowest BCUT2D eigenvalue weighted by molar-refractivity contribution is -0.131. The second-order valence-electron chi connectivity index (χ2n) is 6.83. The second-order valence-corrected chi connectivity index (χ2v) is 8.57. The normalized spacial score (nSPS) is 16.7. The summed E-state index contributed by atoms with van der Waals surface area (Å²) in [5.74, 6) is 1.69. The van der Waals surface area contributed by atoms with E-state index in [0.717, 1.165) is 49.0 Å². The molecule has 0 bridgehead atoms. The Morgan fingerprint density at radius 1 is 1.35 bits per heavy atom. The Morgan fingerprint density at radius 2 is 2.08 bits per heavy atom. The molecule has 0 saturated carbocycles. The van der Waals surface area contributed by atoms with E-state index in [9.17, 15) is 4.79 Å². The highest BCUT2D eigenvalue weighted by atomic mass is 35.5. The van der Waals surface area contributed by atoms with Crippen molar-refractivity contribution in [3.05, 3.63) is 29.3 Å². The van der Waals surface area contributed by atoms with Crippen molar-refractivity contribution in [1.29, 1.82) is 0 Å². The fourth-order valence-electron chi connectivity index (χ4n) is 3.20. The third-order valence-electron chi connectivity index (χ3n) is 4.84. The summed E-state index contributed by atoms with van der Waals surface area (Å²) in [5, 5.41) is 9.94. The van der Waals surface area contributed by atoms with Crippen LogP contribution in [-0.4, -0.2) is 43.9 Å². The van der Waals surface area contributed by atoms with E-state index in [1.54, 1.807) is 0 Å². The van der Waals surface area contributed by atoms with Crippen molar-refractivity contribution in [3.63, 3.8) is 0 Å². The number of carbonyl (C=O) groups is 1. The zero-order chi connectivity index (χ0) is 18.7. The van der Waals surface area contributed by atoms with Crippen LogP contribution in [0.3, 0.4) is 0 Å². The molecule has 1 fully saturated rings. The first kappa shape index (κ1) is 19.2. The highest BCUT2D eigenvalue weighted by molar-refractivity contribution is 8.00. The molecule has 7 heteroatoms. The van der Waals surface area contributed by atoms with Gasteiger partial charge < -0.3 is 9.47 Å². The molecular formula is C19H25ClN4OS. The van der Waals surface area contributed by atoms with Gasteiger partial charge in [0, 0.05) is 30.2 Å². The number of nitrogens with zero attached hydrogens (tertiary/aromatic N) is 4. The first-order chi connectivity index (χ1) is 12.5. The lowest BCUT2D eigenvalue weighted by Crippen LogP contribution is -2.41. The number of piperidine rings is 1. The van der Waals surface area contributed by atoms with Crippen molar-refractivity contribution in [3.8, 4) is 11.4 Å². The summed E-state index contributed by atoms with van der Waals surface area (Å²) in [6.45, 7) is 8.72. The maximum Gasteiger partial charge on any atom is 0.235 e. The van der Waals surface area contributed by atoms with Crippen LogP contribution in [0.5, 0.6) is 0 Å². The largest absolute Gasteiger partial charge is 0.342 e. The number of likely N-dealkylation sites (tertiary alicyclic amines) is 1. The zero-order valence-electron chi connectivity index (χ0n) is 15.5. The van der Waals surface area contributed by atoms with Gasteiger partial charge in [0.1, 0.15) is 0 Å². The smallest absolute Gasteiger partial charge is 0.235 e. The second kappa shape index (κ2) is 8.44. The van der Waals surface area contributed by atoms with Crippen LogP contribution in [0.4, 0.5) is 0 Å². The number of aromatic nitrogens is 3. The summed E-state index contributed by atoms with van der Waals surface area (Å²) in [6.07, 6.45) is 2.18. The summed E-state index contributed by atoms with van der Waals surface area (Å²) in [6, 6.07) is 7.60. The van der Waals surface area contributed by atoms with Gasteiger partial charge in [-0.25, -0.2) is 0 Å². The number of thioether (sulfide) groups is 1. The van der Waals surface area contributed by atoms with E-state index in [1.807, 2.05) is 40.7 Å². The van der Waals surface area contributed by atoms with E-state index in [4.69, 9.17) is 11.6 Å². The van der Waals surface area contributed by atoms with Crippen LogP contribution in [-0.2, 0) is 11.3 Å². The summed E-state index contributed by atoms with van der Waals surface area (Å²) >= 11 is 7.59. The van der Waals surface area contributed by atoms with Gasteiger partial charge in [-0.3, -0.25) is 4.79 Å². The first-order valence-corrected chi connectivity index (χ1v) is 10.4. The maximum absolute atomic E-state index is 12.8. The van der Waals surface area contributed by atoms with Crippen LogP contribution in [0.25, 0.3) is 11.4 Å². The third kappa shape index (κ3) is 4.23. The molecule has 1 atom stereocenters. The molecule has 1 amide bonds. The topological polar surface area (TPSA) is 51.0 Å². The van der Waals surface area contributed by atoms with Crippen molar-refractivity contribution in [2.24, 2.45) is 5.92 Å². The quantitative estimate of drug-likeness (QED) is 0.709.